The molecule has 4 rings (SSSR count). The number of sulfone groups is 1. The Labute approximate surface area is 214 Å². The molecule has 8 nitrogen and oxygen atoms in total. The van der Waals surface area contributed by atoms with Gasteiger partial charge in [0.15, 0.2) is 32.8 Å². The van der Waals surface area contributed by atoms with Gasteiger partial charge in [0, 0.05) is 18.0 Å². The van der Waals surface area contributed by atoms with E-state index in [1.807, 2.05) is 0 Å². The normalized spacial score (nSPS) is 15.1. The summed E-state index contributed by atoms with van der Waals surface area (Å²) in [6.45, 7) is 2.27. The van der Waals surface area contributed by atoms with Crippen molar-refractivity contribution in [3.05, 3.63) is 64.4 Å². The maximum Gasteiger partial charge on any atom is 0.435 e. The lowest BCUT2D eigenvalue weighted by Gasteiger charge is -2.33. The molecule has 2 heterocycles. The molecule has 0 aliphatic heterocycles. The molecule has 0 atom stereocenters. The second-order valence-electron chi connectivity index (χ2n) is 8.93. The first kappa shape index (κ1) is 27.4. The highest BCUT2D eigenvalue weighted by molar-refractivity contribution is 7.90. The van der Waals surface area contributed by atoms with Gasteiger partial charge < -0.3 is 10.1 Å². The number of halogens is 5. The van der Waals surface area contributed by atoms with Crippen molar-refractivity contribution in [1.82, 2.24) is 15.2 Å². The lowest BCUT2D eigenvalue weighted by Crippen LogP contribution is -2.30. The van der Waals surface area contributed by atoms with Crippen LogP contribution in [0.3, 0.4) is 0 Å². The molecule has 2 aromatic heterocycles. The molecule has 1 aliphatic carbocycles. The number of benzene rings is 1. The summed E-state index contributed by atoms with van der Waals surface area (Å²) in [6, 6.07) is 5.87. The van der Waals surface area contributed by atoms with Crippen molar-refractivity contribution in [3.63, 3.8) is 0 Å². The number of carbonyl (C=O) groups is 1. The van der Waals surface area contributed by atoms with Gasteiger partial charge in [-0.25, -0.2) is 17.2 Å². The predicted octanol–water partition coefficient (Wildman–Crippen LogP) is 5.44. The van der Waals surface area contributed by atoms with Crippen LogP contribution >= 0.6 is 0 Å². The van der Waals surface area contributed by atoms with Gasteiger partial charge in [-0.3, -0.25) is 9.78 Å². The van der Waals surface area contributed by atoms with E-state index in [1.54, 1.807) is 0 Å². The molecule has 3 aromatic rings. The van der Waals surface area contributed by atoms with Crippen LogP contribution in [-0.4, -0.2) is 35.8 Å². The summed E-state index contributed by atoms with van der Waals surface area (Å²) in [4.78, 5) is 17.1. The number of anilines is 1. The summed E-state index contributed by atoms with van der Waals surface area (Å²) in [7, 11) is -3.65. The smallest absolute Gasteiger partial charge is 0.432 e. The molecule has 1 N–H and O–H groups in total. The number of rotatable bonds is 6. The van der Waals surface area contributed by atoms with Crippen molar-refractivity contribution < 1.29 is 39.9 Å². The summed E-state index contributed by atoms with van der Waals surface area (Å²) in [5.74, 6) is -3.54. The van der Waals surface area contributed by atoms with Gasteiger partial charge in [0.05, 0.1) is 16.3 Å². The standard InChI is InChI=1S/C24H21F5N4O4S/c1-12-18(21(34)31-14-6-4-7-15(10-14)38(3,35)36)22(33-32-20(12)24(27,28)29)37-19-13(2)30-17(11-16(19)25)23(26)8-5-9-23/h4,6-7,10-11H,5,8-9H2,1-3H3,(H,31,34). The molecule has 0 unspecified atom stereocenters. The van der Waals surface area contributed by atoms with Crippen LogP contribution in [0.4, 0.5) is 27.6 Å². The van der Waals surface area contributed by atoms with Crippen LogP contribution in [0.1, 0.15) is 52.3 Å². The number of hydrogen-bond acceptors (Lipinski definition) is 7. The minimum atomic E-state index is -4.98. The van der Waals surface area contributed by atoms with Crippen molar-refractivity contribution in [1.29, 1.82) is 0 Å². The zero-order chi connectivity index (χ0) is 28.0. The number of nitrogens with zero attached hydrogens (tertiary/aromatic N) is 3. The molecular weight excluding hydrogens is 535 g/mol. The Morgan fingerprint density at radius 3 is 2.37 bits per heavy atom. The Bertz CT molecular complexity index is 1520. The minimum Gasteiger partial charge on any atom is -0.432 e. The van der Waals surface area contributed by atoms with Crippen LogP contribution in [0.25, 0.3) is 0 Å². The average Bonchev–Trinajstić information content (AvgIpc) is 2.78. The van der Waals surface area contributed by atoms with E-state index in [-0.39, 0.29) is 34.8 Å². The SMILES string of the molecule is Cc1nc(C2(F)CCC2)cc(F)c1Oc1nnc(C(F)(F)F)c(C)c1C(=O)Nc1cccc(S(C)(=O)=O)c1. The molecule has 38 heavy (non-hydrogen) atoms. The van der Waals surface area contributed by atoms with Crippen molar-refractivity contribution in [3.8, 4) is 11.6 Å². The third-order valence-electron chi connectivity index (χ3n) is 6.10. The maximum atomic E-state index is 15.0. The van der Waals surface area contributed by atoms with Crippen LogP contribution in [0.5, 0.6) is 11.6 Å². The van der Waals surface area contributed by atoms with Crippen molar-refractivity contribution in [2.45, 2.75) is 49.9 Å². The number of nitrogens with one attached hydrogen (secondary N) is 1. The fraction of sp³-hybridized carbons (Fsp3) is 0.333. The number of amides is 1. The molecule has 0 saturated heterocycles. The first-order valence-corrected chi connectivity index (χ1v) is 13.1. The lowest BCUT2D eigenvalue weighted by atomic mass is 9.79. The van der Waals surface area contributed by atoms with Crippen LogP contribution in [-0.2, 0) is 21.7 Å². The molecule has 1 aliphatic rings. The fourth-order valence-electron chi connectivity index (χ4n) is 3.92. The topological polar surface area (TPSA) is 111 Å². The predicted molar refractivity (Wildman–Crippen MR) is 125 cm³/mol. The summed E-state index contributed by atoms with van der Waals surface area (Å²) in [5, 5.41) is 8.81. The first-order chi connectivity index (χ1) is 17.6. The summed E-state index contributed by atoms with van der Waals surface area (Å²) >= 11 is 0. The van der Waals surface area contributed by atoms with Gasteiger partial charge in [0.1, 0.15) is 5.56 Å². The Hall–Kier alpha value is -3.68. The monoisotopic (exact) mass is 556 g/mol. The minimum absolute atomic E-state index is 0.0456. The number of aromatic nitrogens is 3. The Kier molecular flexibility index (Phi) is 6.89. The summed E-state index contributed by atoms with van der Waals surface area (Å²) in [6.07, 6.45) is -3.08. The number of alkyl halides is 4. The van der Waals surface area contributed by atoms with Gasteiger partial charge in [-0.2, -0.15) is 13.2 Å². The molecule has 0 spiro atoms. The Morgan fingerprint density at radius 2 is 1.82 bits per heavy atom. The van der Waals surface area contributed by atoms with Crippen molar-refractivity contribution >= 4 is 21.4 Å². The maximum absolute atomic E-state index is 15.0. The second kappa shape index (κ2) is 9.57. The van der Waals surface area contributed by atoms with E-state index < -0.39 is 61.9 Å². The number of carbonyl (C=O) groups excluding carboxylic acids is 1. The van der Waals surface area contributed by atoms with Gasteiger partial charge in [-0.15, -0.1) is 10.2 Å². The summed E-state index contributed by atoms with van der Waals surface area (Å²) in [5.41, 5.74) is -4.94. The molecule has 0 bridgehead atoms. The van der Waals surface area contributed by atoms with E-state index in [2.05, 4.69) is 20.5 Å². The molecule has 1 saturated carbocycles. The lowest BCUT2D eigenvalue weighted by molar-refractivity contribution is -0.142. The van der Waals surface area contributed by atoms with Crippen molar-refractivity contribution in [2.75, 3.05) is 11.6 Å². The summed E-state index contributed by atoms with van der Waals surface area (Å²) < 4.78 is 99.4. The quantitative estimate of drug-likeness (QED) is 0.403. The highest BCUT2D eigenvalue weighted by atomic mass is 32.2. The number of aryl methyl sites for hydroxylation is 1. The average molecular weight is 557 g/mol. The molecule has 0 radical (unpaired) electrons. The molecule has 1 fully saturated rings. The van der Waals surface area contributed by atoms with Crippen LogP contribution < -0.4 is 10.1 Å². The van der Waals surface area contributed by atoms with Crippen LogP contribution in [0, 0.1) is 19.7 Å². The van der Waals surface area contributed by atoms with Gasteiger partial charge in [-0.05, 0) is 56.9 Å². The van der Waals surface area contributed by atoms with Crippen molar-refractivity contribution in [2.24, 2.45) is 0 Å². The van der Waals surface area contributed by atoms with E-state index >= 15 is 0 Å². The molecular formula is C24H21F5N4O4S. The number of ether oxygens (including phenoxy) is 1. The van der Waals surface area contributed by atoms with Gasteiger partial charge >= 0.3 is 6.18 Å². The zero-order valence-electron chi connectivity index (χ0n) is 20.3. The molecule has 202 valence electrons. The highest BCUT2D eigenvalue weighted by Crippen LogP contribution is 2.45. The molecule has 1 aromatic carbocycles. The first-order valence-electron chi connectivity index (χ1n) is 11.2. The largest absolute Gasteiger partial charge is 0.435 e. The van der Waals surface area contributed by atoms with Crippen LogP contribution in [0.15, 0.2) is 35.2 Å². The third kappa shape index (κ3) is 5.30. The van der Waals surface area contributed by atoms with E-state index in [0.29, 0.717) is 6.42 Å². The molecule has 1 amide bonds. The zero-order valence-corrected chi connectivity index (χ0v) is 21.1. The van der Waals surface area contributed by atoms with Gasteiger partial charge in [0.25, 0.3) is 11.8 Å². The fourth-order valence-corrected chi connectivity index (χ4v) is 4.59. The second-order valence-corrected chi connectivity index (χ2v) is 10.9. The third-order valence-corrected chi connectivity index (χ3v) is 7.21. The Balaban J connectivity index is 1.76. The van der Waals surface area contributed by atoms with E-state index in [0.717, 1.165) is 25.3 Å². The number of hydrogen-bond donors (Lipinski definition) is 1. The van der Waals surface area contributed by atoms with Gasteiger partial charge in [-0.1, -0.05) is 6.07 Å². The van der Waals surface area contributed by atoms with Crippen LogP contribution in [0.2, 0.25) is 0 Å². The van der Waals surface area contributed by atoms with Gasteiger partial charge in [0.2, 0.25) is 0 Å². The van der Waals surface area contributed by atoms with E-state index in [1.165, 1.54) is 25.1 Å². The Morgan fingerprint density at radius 1 is 1.13 bits per heavy atom. The highest BCUT2D eigenvalue weighted by Gasteiger charge is 2.42. The van der Waals surface area contributed by atoms with E-state index in [4.69, 9.17) is 4.74 Å². The van der Waals surface area contributed by atoms with E-state index in [9.17, 15) is 35.2 Å². The number of pyridine rings is 1. The molecule has 14 heteroatoms.